The van der Waals surface area contributed by atoms with Gasteiger partial charge in [-0.3, -0.25) is 5.43 Å². The Hall–Kier alpha value is -2.60. The van der Waals surface area contributed by atoms with Crippen molar-refractivity contribution in [3.63, 3.8) is 0 Å². The number of rotatable bonds is 8. The molecule has 6 heteroatoms. The number of ether oxygens (including phenoxy) is 2. The maximum absolute atomic E-state index is 5.69. The second kappa shape index (κ2) is 10.3. The summed E-state index contributed by atoms with van der Waals surface area (Å²) in [5.41, 5.74) is 4.60. The van der Waals surface area contributed by atoms with E-state index < -0.39 is 0 Å². The highest BCUT2D eigenvalue weighted by Crippen LogP contribution is 2.28. The number of benzene rings is 2. The predicted molar refractivity (Wildman–Crippen MR) is 107 cm³/mol. The topological polar surface area (TPSA) is 54.9 Å². The number of para-hydroxylation sites is 1. The molecule has 0 aliphatic rings. The van der Waals surface area contributed by atoms with Gasteiger partial charge < -0.3 is 14.8 Å². The Morgan fingerprint density at radius 1 is 1.08 bits per heavy atom. The minimum Gasteiger partial charge on any atom is -0.490 e. The Balaban J connectivity index is 1.95. The molecule has 0 aliphatic carbocycles. The van der Waals surface area contributed by atoms with Crippen molar-refractivity contribution in [1.29, 1.82) is 0 Å². The minimum absolute atomic E-state index is 0.426. The molecule has 5 nitrogen and oxygen atoms in total. The molecule has 25 heavy (non-hydrogen) atoms. The predicted octanol–water partition coefficient (Wildman–Crippen LogP) is 4.19. The zero-order valence-corrected chi connectivity index (χ0v) is 15.3. The lowest BCUT2D eigenvalue weighted by molar-refractivity contribution is 0.277. The summed E-state index contributed by atoms with van der Waals surface area (Å²) in [5.74, 6) is 1.46. The molecule has 0 unspecified atom stereocenters. The molecule has 2 aromatic rings. The molecule has 0 saturated carbocycles. The molecule has 0 heterocycles. The highest BCUT2D eigenvalue weighted by Gasteiger charge is 2.05. The molecule has 0 aromatic heterocycles. The molecule has 0 radical (unpaired) electrons. The maximum Gasteiger partial charge on any atom is 0.191 e. The fourth-order valence-electron chi connectivity index (χ4n) is 2.05. The van der Waals surface area contributed by atoms with Gasteiger partial charge in [0.15, 0.2) is 16.6 Å². The zero-order chi connectivity index (χ0) is 17.9. The lowest BCUT2D eigenvalue weighted by Crippen LogP contribution is -2.23. The highest BCUT2D eigenvalue weighted by atomic mass is 32.1. The number of nitrogens with one attached hydrogen (secondary N) is 2. The Bertz CT molecular complexity index is 705. The van der Waals surface area contributed by atoms with Crippen molar-refractivity contribution in [2.45, 2.75) is 20.3 Å². The average Bonchev–Trinajstić information content (AvgIpc) is 2.62. The summed E-state index contributed by atoms with van der Waals surface area (Å²) in [6, 6.07) is 15.4. The average molecular weight is 357 g/mol. The molecule has 132 valence electrons. The van der Waals surface area contributed by atoms with Crippen LogP contribution in [0.15, 0.2) is 53.6 Å². The quantitative estimate of drug-likeness (QED) is 0.421. The Labute approximate surface area is 154 Å². The number of thiocarbonyl (C=S) groups is 1. The van der Waals surface area contributed by atoms with Crippen LogP contribution in [-0.2, 0) is 0 Å². The largest absolute Gasteiger partial charge is 0.490 e. The number of nitrogens with zero attached hydrogens (tertiary/aromatic N) is 1. The maximum atomic E-state index is 5.69. The van der Waals surface area contributed by atoms with Crippen molar-refractivity contribution in [3.8, 4) is 11.5 Å². The van der Waals surface area contributed by atoms with Crippen molar-refractivity contribution in [2.24, 2.45) is 5.10 Å². The van der Waals surface area contributed by atoms with Crippen LogP contribution in [0.1, 0.15) is 25.8 Å². The van der Waals surface area contributed by atoms with E-state index in [-0.39, 0.29) is 0 Å². The van der Waals surface area contributed by atoms with Gasteiger partial charge in [0.2, 0.25) is 0 Å². The van der Waals surface area contributed by atoms with Crippen LogP contribution in [0.5, 0.6) is 11.5 Å². The van der Waals surface area contributed by atoms with Crippen molar-refractivity contribution >= 4 is 29.2 Å². The molecule has 0 amide bonds. The van der Waals surface area contributed by atoms with Gasteiger partial charge in [0.25, 0.3) is 0 Å². The van der Waals surface area contributed by atoms with Gasteiger partial charge in [-0.2, -0.15) is 5.10 Å². The number of hydrogen-bond donors (Lipinski definition) is 2. The first kappa shape index (κ1) is 18.7. The van der Waals surface area contributed by atoms with Crippen LogP contribution in [-0.4, -0.2) is 24.5 Å². The molecular formula is C19H23N3O2S. The molecule has 0 spiro atoms. The first-order valence-electron chi connectivity index (χ1n) is 8.27. The number of anilines is 1. The monoisotopic (exact) mass is 357 g/mol. The van der Waals surface area contributed by atoms with E-state index in [0.29, 0.717) is 24.1 Å². The third-order valence-corrected chi connectivity index (χ3v) is 3.33. The lowest BCUT2D eigenvalue weighted by Gasteiger charge is -2.12. The fourth-order valence-corrected chi connectivity index (χ4v) is 2.22. The molecular weight excluding hydrogens is 334 g/mol. The molecule has 2 rings (SSSR count). The van der Waals surface area contributed by atoms with Crippen molar-refractivity contribution in [2.75, 3.05) is 18.5 Å². The summed E-state index contributed by atoms with van der Waals surface area (Å²) in [6.07, 6.45) is 2.63. The van der Waals surface area contributed by atoms with Crippen LogP contribution >= 0.6 is 12.2 Å². The van der Waals surface area contributed by atoms with Crippen molar-refractivity contribution in [3.05, 3.63) is 54.1 Å². The standard InChI is InChI=1S/C19H23N3O2S/c1-3-12-24-17-11-10-15(13-18(17)23-4-2)14-20-22-19(25)21-16-8-6-5-7-9-16/h5-11,13-14H,3-4,12H2,1-2H3,(H2,21,22,25). The van der Waals surface area contributed by atoms with Gasteiger partial charge in [0, 0.05) is 5.69 Å². The first-order valence-corrected chi connectivity index (χ1v) is 8.68. The van der Waals surface area contributed by atoms with Gasteiger partial charge >= 0.3 is 0 Å². The fraction of sp³-hybridized carbons (Fsp3) is 0.263. The molecule has 0 aliphatic heterocycles. The van der Waals surface area contributed by atoms with Crippen molar-refractivity contribution < 1.29 is 9.47 Å². The first-order chi connectivity index (χ1) is 12.2. The van der Waals surface area contributed by atoms with Gasteiger partial charge in [-0.15, -0.1) is 0 Å². The SMILES string of the molecule is CCCOc1ccc(C=NNC(=S)Nc2ccccc2)cc1OCC. The molecule has 0 bridgehead atoms. The Morgan fingerprint density at radius 3 is 2.60 bits per heavy atom. The van der Waals surface area contributed by atoms with E-state index in [4.69, 9.17) is 21.7 Å². The minimum atomic E-state index is 0.426. The summed E-state index contributed by atoms with van der Waals surface area (Å²) < 4.78 is 11.3. The molecule has 2 aromatic carbocycles. The summed E-state index contributed by atoms with van der Waals surface area (Å²) in [7, 11) is 0. The van der Waals surface area contributed by atoms with E-state index in [9.17, 15) is 0 Å². The van der Waals surface area contributed by atoms with Gasteiger partial charge in [-0.05, 0) is 61.5 Å². The lowest BCUT2D eigenvalue weighted by atomic mass is 10.2. The van der Waals surface area contributed by atoms with E-state index >= 15 is 0 Å². The smallest absolute Gasteiger partial charge is 0.191 e. The van der Waals surface area contributed by atoms with Crippen LogP contribution in [0.4, 0.5) is 5.69 Å². The van der Waals surface area contributed by atoms with E-state index in [1.54, 1.807) is 6.21 Å². The molecule has 0 saturated heterocycles. The van der Waals surface area contributed by atoms with Crippen LogP contribution in [0, 0.1) is 0 Å². The van der Waals surface area contributed by atoms with Crippen LogP contribution < -0.4 is 20.2 Å². The van der Waals surface area contributed by atoms with Crippen LogP contribution in [0.25, 0.3) is 0 Å². The summed E-state index contributed by atoms with van der Waals surface area (Å²) in [5, 5.41) is 7.64. The Morgan fingerprint density at radius 2 is 1.88 bits per heavy atom. The summed E-state index contributed by atoms with van der Waals surface area (Å²) in [6.45, 7) is 5.25. The van der Waals surface area contributed by atoms with E-state index in [0.717, 1.165) is 23.4 Å². The third kappa shape index (κ3) is 6.43. The van der Waals surface area contributed by atoms with E-state index in [1.807, 2.05) is 55.5 Å². The van der Waals surface area contributed by atoms with Crippen LogP contribution in [0.2, 0.25) is 0 Å². The Kier molecular flexibility index (Phi) is 7.72. The second-order valence-corrected chi connectivity index (χ2v) is 5.59. The van der Waals surface area contributed by atoms with Gasteiger partial charge in [0.05, 0.1) is 19.4 Å². The molecule has 0 fully saturated rings. The number of hydrazone groups is 1. The van der Waals surface area contributed by atoms with Gasteiger partial charge in [-0.25, -0.2) is 0 Å². The van der Waals surface area contributed by atoms with E-state index in [2.05, 4.69) is 22.8 Å². The third-order valence-electron chi connectivity index (χ3n) is 3.14. The second-order valence-electron chi connectivity index (χ2n) is 5.18. The number of hydrogen-bond acceptors (Lipinski definition) is 4. The summed E-state index contributed by atoms with van der Waals surface area (Å²) >= 11 is 5.21. The van der Waals surface area contributed by atoms with Crippen LogP contribution in [0.3, 0.4) is 0 Å². The van der Waals surface area contributed by atoms with E-state index in [1.165, 1.54) is 0 Å². The molecule has 0 atom stereocenters. The van der Waals surface area contributed by atoms with Crippen molar-refractivity contribution in [1.82, 2.24) is 5.43 Å². The highest BCUT2D eigenvalue weighted by molar-refractivity contribution is 7.80. The van der Waals surface area contributed by atoms with Gasteiger partial charge in [-0.1, -0.05) is 25.1 Å². The summed E-state index contributed by atoms with van der Waals surface area (Å²) in [4.78, 5) is 0. The molecule has 2 N–H and O–H groups in total. The zero-order valence-electron chi connectivity index (χ0n) is 14.5. The normalized spacial score (nSPS) is 10.5. The van der Waals surface area contributed by atoms with Gasteiger partial charge in [0.1, 0.15) is 0 Å².